The Morgan fingerprint density at radius 1 is 0.889 bits per heavy atom. The van der Waals surface area contributed by atoms with Crippen molar-refractivity contribution in [3.05, 3.63) is 35.4 Å². The van der Waals surface area contributed by atoms with E-state index in [4.69, 9.17) is 0 Å². The molecule has 0 spiro atoms. The third-order valence-corrected chi connectivity index (χ3v) is 1.78. The number of fused-ring (bicyclic) bond motifs is 1. The number of rotatable bonds is 0. The van der Waals surface area contributed by atoms with Crippen molar-refractivity contribution in [1.29, 1.82) is 0 Å². The molecule has 1 aliphatic carbocycles. The molecule has 0 saturated heterocycles. The number of aryl methyl sites for hydroxylation is 2. The Kier molecular flexibility index (Phi) is 1.81. The molecule has 0 aliphatic heterocycles. The highest BCUT2D eigenvalue weighted by molar-refractivity contribution is 7.59. The summed E-state index contributed by atoms with van der Waals surface area (Å²) >= 11 is 0. The Labute approximate surface area is 62.3 Å². The minimum Gasteiger partial charge on any atom is -0.197 e. The molecular formula is C8H10S. The zero-order valence-electron chi connectivity index (χ0n) is 5.22. The molecule has 1 heteroatoms. The monoisotopic (exact) mass is 138 g/mol. The molecule has 0 fully saturated rings. The fourth-order valence-corrected chi connectivity index (χ4v) is 1.14. The molecule has 0 atom stereocenters. The van der Waals surface area contributed by atoms with E-state index in [1.807, 2.05) is 0 Å². The molecule has 1 aromatic rings. The maximum atomic E-state index is 2.21. The summed E-state index contributed by atoms with van der Waals surface area (Å²) in [5.74, 6) is 0. The van der Waals surface area contributed by atoms with Crippen LogP contribution in [0.1, 0.15) is 11.1 Å². The Hall–Kier alpha value is -0.430. The predicted octanol–water partition coefficient (Wildman–Crippen LogP) is 1.90. The largest absolute Gasteiger partial charge is 0.197 e. The van der Waals surface area contributed by atoms with Crippen molar-refractivity contribution in [3.8, 4) is 0 Å². The van der Waals surface area contributed by atoms with Gasteiger partial charge in [0.15, 0.2) is 0 Å². The highest BCUT2D eigenvalue weighted by Crippen LogP contribution is 2.20. The third-order valence-electron chi connectivity index (χ3n) is 1.78. The van der Waals surface area contributed by atoms with Crippen LogP contribution in [0, 0.1) is 0 Å². The van der Waals surface area contributed by atoms with Crippen molar-refractivity contribution in [2.75, 3.05) is 0 Å². The van der Waals surface area contributed by atoms with Gasteiger partial charge in [-0.3, -0.25) is 0 Å². The van der Waals surface area contributed by atoms with Crippen LogP contribution in [0.4, 0.5) is 0 Å². The van der Waals surface area contributed by atoms with Gasteiger partial charge in [-0.15, -0.1) is 0 Å². The van der Waals surface area contributed by atoms with Crippen molar-refractivity contribution in [3.63, 3.8) is 0 Å². The second-order valence-electron chi connectivity index (χ2n) is 2.27. The molecule has 0 amide bonds. The number of hydrogen-bond acceptors (Lipinski definition) is 0. The topological polar surface area (TPSA) is 0 Å². The van der Waals surface area contributed by atoms with Gasteiger partial charge in [0.05, 0.1) is 0 Å². The minimum atomic E-state index is 0. The summed E-state index contributed by atoms with van der Waals surface area (Å²) in [7, 11) is 0. The quantitative estimate of drug-likeness (QED) is 0.513. The lowest BCUT2D eigenvalue weighted by atomic mass is 9.89. The first-order valence-corrected chi connectivity index (χ1v) is 3.03. The van der Waals surface area contributed by atoms with Crippen LogP contribution in [0.3, 0.4) is 0 Å². The number of benzene rings is 1. The maximum absolute atomic E-state index is 2.21. The third kappa shape index (κ3) is 0.969. The Morgan fingerprint density at radius 2 is 1.33 bits per heavy atom. The zero-order chi connectivity index (χ0) is 5.40. The molecule has 0 aromatic heterocycles. The van der Waals surface area contributed by atoms with Gasteiger partial charge in [0, 0.05) is 0 Å². The second kappa shape index (κ2) is 2.44. The molecule has 0 unspecified atom stereocenters. The Morgan fingerprint density at radius 3 is 1.56 bits per heavy atom. The molecule has 1 aromatic carbocycles. The Balaban J connectivity index is 0.000000405. The van der Waals surface area contributed by atoms with E-state index < -0.39 is 0 Å². The van der Waals surface area contributed by atoms with Crippen molar-refractivity contribution >= 4 is 13.5 Å². The van der Waals surface area contributed by atoms with E-state index in [9.17, 15) is 0 Å². The van der Waals surface area contributed by atoms with Crippen molar-refractivity contribution in [1.82, 2.24) is 0 Å². The van der Waals surface area contributed by atoms with Crippen LogP contribution in [-0.4, -0.2) is 0 Å². The number of hydrogen-bond donors (Lipinski definition) is 0. The first-order valence-electron chi connectivity index (χ1n) is 3.03. The van der Waals surface area contributed by atoms with E-state index in [1.54, 1.807) is 11.1 Å². The normalized spacial score (nSPS) is 12.9. The SMILES string of the molecule is S.c1ccc2c(c1)CC2. The van der Waals surface area contributed by atoms with Crippen LogP contribution >= 0.6 is 13.5 Å². The maximum Gasteiger partial charge on any atom is -0.0235 e. The fraction of sp³-hybridized carbons (Fsp3) is 0.250. The molecule has 0 heterocycles. The highest BCUT2D eigenvalue weighted by Gasteiger charge is 2.09. The lowest BCUT2D eigenvalue weighted by Crippen LogP contribution is -2.06. The first-order chi connectivity index (χ1) is 3.97. The van der Waals surface area contributed by atoms with Gasteiger partial charge in [0.25, 0.3) is 0 Å². The minimum absolute atomic E-state index is 0. The van der Waals surface area contributed by atoms with Crippen LogP contribution in [0.15, 0.2) is 24.3 Å². The summed E-state index contributed by atoms with van der Waals surface area (Å²) in [6.07, 6.45) is 2.60. The summed E-state index contributed by atoms with van der Waals surface area (Å²) in [5, 5.41) is 0. The zero-order valence-corrected chi connectivity index (χ0v) is 6.22. The molecule has 2 rings (SSSR count). The van der Waals surface area contributed by atoms with Gasteiger partial charge in [0.1, 0.15) is 0 Å². The second-order valence-corrected chi connectivity index (χ2v) is 2.27. The van der Waals surface area contributed by atoms with E-state index in [1.165, 1.54) is 12.8 Å². The molecule has 0 N–H and O–H groups in total. The van der Waals surface area contributed by atoms with Gasteiger partial charge >= 0.3 is 0 Å². The van der Waals surface area contributed by atoms with E-state index in [-0.39, 0.29) is 13.5 Å². The van der Waals surface area contributed by atoms with Crippen molar-refractivity contribution in [2.45, 2.75) is 12.8 Å². The van der Waals surface area contributed by atoms with Crippen LogP contribution in [0.25, 0.3) is 0 Å². The predicted molar refractivity (Wildman–Crippen MR) is 44.2 cm³/mol. The summed E-state index contributed by atoms with van der Waals surface area (Å²) in [6.45, 7) is 0. The Bertz CT molecular complexity index is 182. The first kappa shape index (κ1) is 6.69. The molecule has 0 nitrogen and oxygen atoms in total. The van der Waals surface area contributed by atoms with Gasteiger partial charge < -0.3 is 0 Å². The fourth-order valence-electron chi connectivity index (χ4n) is 1.14. The molecular weight excluding hydrogens is 128 g/mol. The smallest absolute Gasteiger partial charge is 0.0235 e. The molecule has 1 aliphatic rings. The van der Waals surface area contributed by atoms with Crippen LogP contribution in [-0.2, 0) is 12.8 Å². The molecule has 48 valence electrons. The van der Waals surface area contributed by atoms with Gasteiger partial charge in [-0.05, 0) is 24.0 Å². The average Bonchev–Trinajstić information content (AvgIpc) is 1.72. The van der Waals surface area contributed by atoms with Gasteiger partial charge in [0.2, 0.25) is 0 Å². The summed E-state index contributed by atoms with van der Waals surface area (Å²) in [6, 6.07) is 8.63. The highest BCUT2D eigenvalue weighted by atomic mass is 32.1. The summed E-state index contributed by atoms with van der Waals surface area (Å²) in [4.78, 5) is 0. The van der Waals surface area contributed by atoms with E-state index >= 15 is 0 Å². The summed E-state index contributed by atoms with van der Waals surface area (Å²) < 4.78 is 0. The van der Waals surface area contributed by atoms with E-state index in [2.05, 4.69) is 24.3 Å². The molecule has 0 bridgehead atoms. The lowest BCUT2D eigenvalue weighted by molar-refractivity contribution is 0.839. The standard InChI is InChI=1S/C8H8.H2S/c1-2-4-8-6-5-7(8)3-1;/h1-4H,5-6H2;1H2. The van der Waals surface area contributed by atoms with Gasteiger partial charge in [-0.1, -0.05) is 24.3 Å². The van der Waals surface area contributed by atoms with E-state index in [0.29, 0.717) is 0 Å². The van der Waals surface area contributed by atoms with Crippen LogP contribution in [0.2, 0.25) is 0 Å². The molecule has 0 saturated carbocycles. The van der Waals surface area contributed by atoms with E-state index in [0.717, 1.165) is 0 Å². The van der Waals surface area contributed by atoms with Crippen LogP contribution in [0.5, 0.6) is 0 Å². The lowest BCUT2D eigenvalue weighted by Gasteiger charge is -2.16. The van der Waals surface area contributed by atoms with Crippen molar-refractivity contribution < 1.29 is 0 Å². The van der Waals surface area contributed by atoms with Gasteiger partial charge in [-0.25, -0.2) is 0 Å². The molecule has 0 radical (unpaired) electrons. The summed E-state index contributed by atoms with van der Waals surface area (Å²) in [5.41, 5.74) is 3.10. The van der Waals surface area contributed by atoms with Gasteiger partial charge in [-0.2, -0.15) is 13.5 Å². The molecule has 9 heavy (non-hydrogen) atoms. The van der Waals surface area contributed by atoms with Crippen LogP contribution < -0.4 is 0 Å². The average molecular weight is 138 g/mol. The van der Waals surface area contributed by atoms with Crippen molar-refractivity contribution in [2.24, 2.45) is 0 Å².